The van der Waals surface area contributed by atoms with E-state index in [0.717, 1.165) is 11.3 Å². The van der Waals surface area contributed by atoms with Crippen LogP contribution in [-0.2, 0) is 6.54 Å². The molecule has 0 atom stereocenters. The van der Waals surface area contributed by atoms with Gasteiger partial charge in [0.25, 0.3) is 0 Å². The normalized spacial score (nSPS) is 10.4. The van der Waals surface area contributed by atoms with Crippen LogP contribution < -0.4 is 5.73 Å². The van der Waals surface area contributed by atoms with Gasteiger partial charge in [0.15, 0.2) is 0 Å². The average molecular weight is 252 g/mol. The molecule has 2 N–H and O–H groups in total. The number of benzene rings is 1. The minimum Gasteiger partial charge on any atom is -0.326 e. The van der Waals surface area contributed by atoms with Gasteiger partial charge in [-0.1, -0.05) is 24.3 Å². The van der Waals surface area contributed by atoms with Crippen molar-refractivity contribution in [1.82, 2.24) is 9.78 Å². The highest BCUT2D eigenvalue weighted by Gasteiger charge is 2.10. The van der Waals surface area contributed by atoms with Crippen LogP contribution in [0.4, 0.5) is 0 Å². The summed E-state index contributed by atoms with van der Waals surface area (Å²) in [5, 5.41) is 4.34. The van der Waals surface area contributed by atoms with Crippen LogP contribution in [-0.4, -0.2) is 9.78 Å². The van der Waals surface area contributed by atoms with E-state index in [-0.39, 0.29) is 12.4 Å². The van der Waals surface area contributed by atoms with E-state index in [9.17, 15) is 0 Å². The van der Waals surface area contributed by atoms with Crippen LogP contribution in [0.2, 0.25) is 0 Å². The monoisotopic (exact) mass is 251 g/mol. The Morgan fingerprint density at radius 1 is 1.24 bits per heavy atom. The average Bonchev–Trinajstić information content (AvgIpc) is 2.77. The Kier molecular flexibility index (Phi) is 4.73. The van der Waals surface area contributed by atoms with Crippen LogP contribution in [0.25, 0.3) is 11.3 Å². The Labute approximate surface area is 108 Å². The Bertz CT molecular complexity index is 477. The van der Waals surface area contributed by atoms with Crippen molar-refractivity contribution < 1.29 is 0 Å². The number of rotatable bonds is 3. The molecule has 0 bridgehead atoms. The molecule has 0 spiro atoms. The van der Waals surface area contributed by atoms with Gasteiger partial charge in [-0.25, -0.2) is 0 Å². The van der Waals surface area contributed by atoms with E-state index in [1.165, 1.54) is 5.56 Å². The Balaban J connectivity index is 0.00000144. The fourth-order valence-corrected chi connectivity index (χ4v) is 1.89. The Hall–Kier alpha value is -1.32. The van der Waals surface area contributed by atoms with E-state index in [2.05, 4.69) is 31.1 Å². The second-order valence-corrected chi connectivity index (χ2v) is 4.12. The summed E-state index contributed by atoms with van der Waals surface area (Å²) in [6.45, 7) is 4.81. The van der Waals surface area contributed by atoms with Crippen LogP contribution in [0.15, 0.2) is 36.5 Å². The maximum absolute atomic E-state index is 5.75. The summed E-state index contributed by atoms with van der Waals surface area (Å²) in [6.07, 6.45) is 1.84. The smallest absolute Gasteiger partial charge is 0.0688 e. The summed E-state index contributed by atoms with van der Waals surface area (Å²) < 4.78 is 2.02. The molecule has 1 aromatic heterocycles. The standard InChI is InChI=1S/C13H17N3.ClH/c1-10(2)16-13(7-8-15-16)12-6-4-3-5-11(12)9-14;/h3-8,10H,9,14H2,1-2H3;1H. The second kappa shape index (κ2) is 5.84. The molecule has 0 aliphatic carbocycles. The number of nitrogens with two attached hydrogens (primary N) is 1. The van der Waals surface area contributed by atoms with Gasteiger partial charge in [-0.05, 0) is 25.5 Å². The van der Waals surface area contributed by atoms with E-state index >= 15 is 0 Å². The topological polar surface area (TPSA) is 43.8 Å². The molecular weight excluding hydrogens is 234 g/mol. The molecule has 3 nitrogen and oxygen atoms in total. The molecule has 17 heavy (non-hydrogen) atoms. The second-order valence-electron chi connectivity index (χ2n) is 4.12. The van der Waals surface area contributed by atoms with E-state index in [1.54, 1.807) is 0 Å². The Morgan fingerprint density at radius 3 is 2.59 bits per heavy atom. The van der Waals surface area contributed by atoms with Crippen molar-refractivity contribution in [2.75, 3.05) is 0 Å². The molecule has 0 aliphatic rings. The molecule has 0 saturated carbocycles. The van der Waals surface area contributed by atoms with Crippen LogP contribution >= 0.6 is 12.4 Å². The zero-order chi connectivity index (χ0) is 11.5. The van der Waals surface area contributed by atoms with Crippen molar-refractivity contribution in [1.29, 1.82) is 0 Å². The number of nitrogens with zero attached hydrogens (tertiary/aromatic N) is 2. The molecule has 0 fully saturated rings. The van der Waals surface area contributed by atoms with Crippen LogP contribution in [0.3, 0.4) is 0 Å². The molecule has 0 radical (unpaired) electrons. The van der Waals surface area contributed by atoms with Crippen LogP contribution in [0.5, 0.6) is 0 Å². The van der Waals surface area contributed by atoms with Crippen molar-refractivity contribution >= 4 is 12.4 Å². The zero-order valence-electron chi connectivity index (χ0n) is 10.1. The highest BCUT2D eigenvalue weighted by atomic mass is 35.5. The first kappa shape index (κ1) is 13.7. The number of halogens is 1. The van der Waals surface area contributed by atoms with E-state index < -0.39 is 0 Å². The molecule has 92 valence electrons. The first-order valence-corrected chi connectivity index (χ1v) is 5.56. The molecular formula is C13H18ClN3. The van der Waals surface area contributed by atoms with Crippen molar-refractivity contribution in [3.8, 4) is 11.3 Å². The minimum atomic E-state index is 0. The summed E-state index contributed by atoms with van der Waals surface area (Å²) in [7, 11) is 0. The summed E-state index contributed by atoms with van der Waals surface area (Å²) in [5.74, 6) is 0. The maximum Gasteiger partial charge on any atom is 0.0688 e. The third kappa shape index (κ3) is 2.68. The first-order valence-electron chi connectivity index (χ1n) is 5.56. The van der Waals surface area contributed by atoms with Gasteiger partial charge in [-0.3, -0.25) is 4.68 Å². The summed E-state index contributed by atoms with van der Waals surface area (Å²) in [5.41, 5.74) is 9.22. The van der Waals surface area contributed by atoms with Crippen LogP contribution in [0.1, 0.15) is 25.5 Å². The van der Waals surface area contributed by atoms with Crippen molar-refractivity contribution in [3.05, 3.63) is 42.1 Å². The molecule has 0 unspecified atom stereocenters. The maximum atomic E-state index is 5.75. The molecule has 1 heterocycles. The van der Waals surface area contributed by atoms with Crippen molar-refractivity contribution in [2.45, 2.75) is 26.4 Å². The SMILES string of the molecule is CC(C)n1nccc1-c1ccccc1CN.Cl. The molecule has 1 aromatic carbocycles. The summed E-state index contributed by atoms with van der Waals surface area (Å²) in [6, 6.07) is 10.6. The fraction of sp³-hybridized carbons (Fsp3) is 0.308. The highest BCUT2D eigenvalue weighted by Crippen LogP contribution is 2.25. The van der Waals surface area contributed by atoms with Crippen LogP contribution in [0, 0.1) is 0 Å². The number of hydrogen-bond donors (Lipinski definition) is 1. The van der Waals surface area contributed by atoms with Gasteiger partial charge < -0.3 is 5.73 Å². The molecule has 2 aromatic rings. The van der Waals surface area contributed by atoms with Gasteiger partial charge in [-0.15, -0.1) is 12.4 Å². The molecule has 0 saturated heterocycles. The predicted octanol–water partition coefficient (Wildman–Crippen LogP) is 3.01. The van der Waals surface area contributed by atoms with Crippen molar-refractivity contribution in [2.24, 2.45) is 5.73 Å². The van der Waals surface area contributed by atoms with E-state index in [1.807, 2.05) is 29.1 Å². The van der Waals surface area contributed by atoms with Gasteiger partial charge in [0, 0.05) is 24.3 Å². The molecule has 0 aliphatic heterocycles. The fourth-order valence-electron chi connectivity index (χ4n) is 1.89. The zero-order valence-corrected chi connectivity index (χ0v) is 10.9. The highest BCUT2D eigenvalue weighted by molar-refractivity contribution is 5.85. The predicted molar refractivity (Wildman–Crippen MR) is 73.2 cm³/mol. The van der Waals surface area contributed by atoms with E-state index in [0.29, 0.717) is 12.6 Å². The lowest BCUT2D eigenvalue weighted by molar-refractivity contribution is 0.538. The third-order valence-electron chi connectivity index (χ3n) is 2.67. The summed E-state index contributed by atoms with van der Waals surface area (Å²) in [4.78, 5) is 0. The third-order valence-corrected chi connectivity index (χ3v) is 2.67. The van der Waals surface area contributed by atoms with Gasteiger partial charge in [0.05, 0.1) is 5.69 Å². The largest absolute Gasteiger partial charge is 0.326 e. The minimum absolute atomic E-state index is 0. The lowest BCUT2D eigenvalue weighted by atomic mass is 10.0. The number of hydrogen-bond acceptors (Lipinski definition) is 2. The summed E-state index contributed by atoms with van der Waals surface area (Å²) >= 11 is 0. The van der Waals surface area contributed by atoms with Gasteiger partial charge in [-0.2, -0.15) is 5.10 Å². The molecule has 4 heteroatoms. The number of aromatic nitrogens is 2. The van der Waals surface area contributed by atoms with Gasteiger partial charge in [0.2, 0.25) is 0 Å². The van der Waals surface area contributed by atoms with Gasteiger partial charge >= 0.3 is 0 Å². The van der Waals surface area contributed by atoms with Gasteiger partial charge in [0.1, 0.15) is 0 Å². The molecule has 2 rings (SSSR count). The first-order chi connectivity index (χ1) is 7.74. The quantitative estimate of drug-likeness (QED) is 0.911. The Morgan fingerprint density at radius 2 is 1.94 bits per heavy atom. The lowest BCUT2D eigenvalue weighted by Crippen LogP contribution is -2.06. The lowest BCUT2D eigenvalue weighted by Gasteiger charge is -2.13. The van der Waals surface area contributed by atoms with Crippen molar-refractivity contribution in [3.63, 3.8) is 0 Å². The van der Waals surface area contributed by atoms with E-state index in [4.69, 9.17) is 5.73 Å². The molecule has 0 amide bonds.